The lowest BCUT2D eigenvalue weighted by Gasteiger charge is -2.05. The van der Waals surface area contributed by atoms with Gasteiger partial charge in [-0.05, 0) is 19.1 Å². The van der Waals surface area contributed by atoms with E-state index in [1.807, 2.05) is 37.3 Å². The molecule has 0 aliphatic carbocycles. The molecule has 1 aromatic heterocycles. The second kappa shape index (κ2) is 6.86. The van der Waals surface area contributed by atoms with Gasteiger partial charge in [0, 0.05) is 6.61 Å². The van der Waals surface area contributed by atoms with Crippen molar-refractivity contribution in [1.82, 2.24) is 10.1 Å². The summed E-state index contributed by atoms with van der Waals surface area (Å²) in [6.07, 6.45) is 0. The normalized spacial score (nSPS) is 12.3. The molecular formula is C13H17N3O3. The molecule has 0 saturated carbocycles. The van der Waals surface area contributed by atoms with Gasteiger partial charge in [0.25, 0.3) is 5.89 Å². The van der Waals surface area contributed by atoms with Crippen LogP contribution in [0.4, 0.5) is 0 Å². The van der Waals surface area contributed by atoms with Gasteiger partial charge in [-0.25, -0.2) is 0 Å². The second-order valence-corrected chi connectivity index (χ2v) is 3.91. The number of rotatable bonds is 7. The monoisotopic (exact) mass is 263 g/mol. The SMILES string of the molecule is CCOCC(N)c1noc(COc2ccccc2)n1. The average Bonchev–Trinajstić information content (AvgIpc) is 2.92. The number of nitrogens with zero attached hydrogens (tertiary/aromatic N) is 2. The Labute approximate surface area is 111 Å². The highest BCUT2D eigenvalue weighted by molar-refractivity contribution is 5.20. The van der Waals surface area contributed by atoms with Gasteiger partial charge in [-0.2, -0.15) is 4.98 Å². The van der Waals surface area contributed by atoms with Gasteiger partial charge < -0.3 is 19.7 Å². The van der Waals surface area contributed by atoms with Gasteiger partial charge in [0.1, 0.15) is 5.75 Å². The van der Waals surface area contributed by atoms with Crippen LogP contribution in [0.3, 0.4) is 0 Å². The molecule has 1 atom stereocenters. The molecule has 6 nitrogen and oxygen atoms in total. The predicted octanol–water partition coefficient (Wildman–Crippen LogP) is 1.68. The van der Waals surface area contributed by atoms with Gasteiger partial charge in [0.15, 0.2) is 12.4 Å². The topological polar surface area (TPSA) is 83.4 Å². The van der Waals surface area contributed by atoms with Crippen LogP contribution in [0, 0.1) is 0 Å². The predicted molar refractivity (Wildman–Crippen MR) is 68.5 cm³/mol. The number of hydrogen-bond donors (Lipinski definition) is 1. The van der Waals surface area contributed by atoms with Crippen molar-refractivity contribution < 1.29 is 14.0 Å². The standard InChI is InChI=1S/C13H17N3O3/c1-2-17-8-11(14)13-15-12(19-16-13)9-18-10-6-4-3-5-7-10/h3-7,11H,2,8-9,14H2,1H3. The first kappa shape index (κ1) is 13.5. The Hall–Kier alpha value is -1.92. The molecule has 0 radical (unpaired) electrons. The number of aromatic nitrogens is 2. The van der Waals surface area contributed by atoms with Crippen LogP contribution in [0.1, 0.15) is 24.7 Å². The first-order valence-electron chi connectivity index (χ1n) is 6.13. The largest absolute Gasteiger partial charge is 0.484 e. The van der Waals surface area contributed by atoms with Crippen molar-refractivity contribution >= 4 is 0 Å². The minimum Gasteiger partial charge on any atom is -0.484 e. The summed E-state index contributed by atoms with van der Waals surface area (Å²) in [6, 6.07) is 9.05. The number of benzene rings is 1. The molecule has 2 rings (SSSR count). The van der Waals surface area contributed by atoms with Crippen molar-refractivity contribution in [1.29, 1.82) is 0 Å². The summed E-state index contributed by atoms with van der Waals surface area (Å²) in [6.45, 7) is 3.10. The van der Waals surface area contributed by atoms with E-state index in [0.29, 0.717) is 24.9 Å². The van der Waals surface area contributed by atoms with Crippen molar-refractivity contribution in [2.24, 2.45) is 5.73 Å². The zero-order valence-electron chi connectivity index (χ0n) is 10.8. The number of ether oxygens (including phenoxy) is 2. The van der Waals surface area contributed by atoms with Gasteiger partial charge in [-0.15, -0.1) is 0 Å². The molecule has 0 saturated heterocycles. The first-order chi connectivity index (χ1) is 9.29. The molecule has 102 valence electrons. The highest BCUT2D eigenvalue weighted by atomic mass is 16.5. The molecule has 2 N–H and O–H groups in total. The third-order valence-electron chi connectivity index (χ3n) is 2.42. The Morgan fingerprint density at radius 1 is 1.32 bits per heavy atom. The molecule has 0 amide bonds. The fourth-order valence-electron chi connectivity index (χ4n) is 1.46. The van der Waals surface area contributed by atoms with E-state index in [9.17, 15) is 0 Å². The summed E-state index contributed by atoms with van der Waals surface area (Å²) < 4.78 is 15.8. The maximum absolute atomic E-state index is 5.85. The Balaban J connectivity index is 1.87. The van der Waals surface area contributed by atoms with E-state index >= 15 is 0 Å². The highest BCUT2D eigenvalue weighted by Crippen LogP contribution is 2.12. The quantitative estimate of drug-likeness (QED) is 0.818. The lowest BCUT2D eigenvalue weighted by molar-refractivity contribution is 0.130. The van der Waals surface area contributed by atoms with Crippen molar-refractivity contribution in [3.63, 3.8) is 0 Å². The van der Waals surface area contributed by atoms with Crippen LogP contribution in [0.25, 0.3) is 0 Å². The number of hydrogen-bond acceptors (Lipinski definition) is 6. The van der Waals surface area contributed by atoms with E-state index in [1.165, 1.54) is 0 Å². The third-order valence-corrected chi connectivity index (χ3v) is 2.42. The van der Waals surface area contributed by atoms with E-state index in [-0.39, 0.29) is 12.6 Å². The van der Waals surface area contributed by atoms with E-state index in [0.717, 1.165) is 5.75 Å². The molecule has 0 spiro atoms. The van der Waals surface area contributed by atoms with Gasteiger partial charge in [0.2, 0.25) is 0 Å². The Morgan fingerprint density at radius 2 is 2.11 bits per heavy atom. The van der Waals surface area contributed by atoms with Crippen LogP contribution in [0.2, 0.25) is 0 Å². The Bertz CT molecular complexity index is 487. The molecular weight excluding hydrogens is 246 g/mol. The molecule has 0 bridgehead atoms. The van der Waals surface area contributed by atoms with Crippen LogP contribution in [-0.4, -0.2) is 23.4 Å². The molecule has 0 aliphatic heterocycles. The summed E-state index contributed by atoms with van der Waals surface area (Å²) >= 11 is 0. The average molecular weight is 263 g/mol. The van der Waals surface area contributed by atoms with Crippen LogP contribution < -0.4 is 10.5 Å². The van der Waals surface area contributed by atoms with Crippen LogP contribution in [0.5, 0.6) is 5.75 Å². The number of nitrogens with two attached hydrogens (primary N) is 1. The van der Waals surface area contributed by atoms with Gasteiger partial charge in [-0.3, -0.25) is 0 Å². The van der Waals surface area contributed by atoms with Gasteiger partial charge in [-0.1, -0.05) is 23.4 Å². The molecule has 0 aliphatic rings. The Kier molecular flexibility index (Phi) is 4.88. The summed E-state index contributed by atoms with van der Waals surface area (Å²) in [5.74, 6) is 1.58. The van der Waals surface area contributed by atoms with Crippen molar-refractivity contribution in [3.05, 3.63) is 42.0 Å². The number of para-hydroxylation sites is 1. The fourth-order valence-corrected chi connectivity index (χ4v) is 1.46. The Morgan fingerprint density at radius 3 is 2.84 bits per heavy atom. The molecule has 6 heteroatoms. The summed E-state index contributed by atoms with van der Waals surface area (Å²) in [5, 5.41) is 3.81. The lowest BCUT2D eigenvalue weighted by Crippen LogP contribution is -2.18. The molecule has 19 heavy (non-hydrogen) atoms. The minimum atomic E-state index is -0.380. The molecule has 0 fully saturated rings. The summed E-state index contributed by atoms with van der Waals surface area (Å²) in [5.41, 5.74) is 5.85. The summed E-state index contributed by atoms with van der Waals surface area (Å²) in [7, 11) is 0. The zero-order valence-corrected chi connectivity index (χ0v) is 10.8. The molecule has 1 heterocycles. The minimum absolute atomic E-state index is 0.221. The van der Waals surface area contributed by atoms with E-state index in [4.69, 9.17) is 19.7 Å². The lowest BCUT2D eigenvalue weighted by atomic mass is 10.3. The maximum Gasteiger partial charge on any atom is 0.264 e. The highest BCUT2D eigenvalue weighted by Gasteiger charge is 2.14. The van der Waals surface area contributed by atoms with Gasteiger partial charge in [0.05, 0.1) is 12.6 Å². The van der Waals surface area contributed by atoms with Crippen LogP contribution >= 0.6 is 0 Å². The summed E-state index contributed by atoms with van der Waals surface area (Å²) in [4.78, 5) is 4.17. The van der Waals surface area contributed by atoms with Crippen molar-refractivity contribution in [2.75, 3.05) is 13.2 Å². The van der Waals surface area contributed by atoms with Crippen molar-refractivity contribution in [3.8, 4) is 5.75 Å². The van der Waals surface area contributed by atoms with E-state index < -0.39 is 0 Å². The fraction of sp³-hybridized carbons (Fsp3) is 0.385. The first-order valence-corrected chi connectivity index (χ1v) is 6.13. The van der Waals surface area contributed by atoms with Crippen molar-refractivity contribution in [2.45, 2.75) is 19.6 Å². The van der Waals surface area contributed by atoms with Crippen LogP contribution in [0.15, 0.2) is 34.9 Å². The van der Waals surface area contributed by atoms with Gasteiger partial charge >= 0.3 is 0 Å². The smallest absolute Gasteiger partial charge is 0.264 e. The molecule has 2 aromatic rings. The van der Waals surface area contributed by atoms with E-state index in [1.54, 1.807) is 0 Å². The molecule has 1 aromatic carbocycles. The maximum atomic E-state index is 5.85. The second-order valence-electron chi connectivity index (χ2n) is 3.91. The zero-order chi connectivity index (χ0) is 13.5. The molecule has 1 unspecified atom stereocenters. The van der Waals surface area contributed by atoms with Crippen LogP contribution in [-0.2, 0) is 11.3 Å². The van der Waals surface area contributed by atoms with E-state index in [2.05, 4.69) is 10.1 Å². The third kappa shape index (κ3) is 4.04.